The van der Waals surface area contributed by atoms with Gasteiger partial charge in [0.2, 0.25) is 5.75 Å². The predicted molar refractivity (Wildman–Crippen MR) is 108 cm³/mol. The number of ether oxygens (including phenoxy) is 3. The first kappa shape index (κ1) is 20.5. The maximum atomic E-state index is 5.55. The Hall–Kier alpha value is -2.83. The van der Waals surface area contributed by atoms with E-state index < -0.39 is 0 Å². The number of nitrogens with one attached hydrogen (secondary N) is 1. The van der Waals surface area contributed by atoms with Crippen molar-refractivity contribution in [2.45, 2.75) is 13.0 Å². The molecule has 7 nitrogen and oxygen atoms in total. The Bertz CT molecular complexity index is 771. The number of aliphatic imine (C=N–C) groups is 1. The normalized spacial score (nSPS) is 11.3. The Kier molecular flexibility index (Phi) is 7.40. The van der Waals surface area contributed by atoms with Crippen molar-refractivity contribution in [3.63, 3.8) is 0 Å². The molecule has 0 bridgehead atoms. The van der Waals surface area contributed by atoms with Crippen molar-refractivity contribution in [2.24, 2.45) is 12.0 Å². The van der Waals surface area contributed by atoms with Crippen molar-refractivity contribution >= 4 is 5.96 Å². The van der Waals surface area contributed by atoms with Crippen molar-refractivity contribution < 1.29 is 14.2 Å². The Morgan fingerprint density at radius 1 is 1.11 bits per heavy atom. The molecule has 7 heteroatoms. The van der Waals surface area contributed by atoms with Gasteiger partial charge in [0.25, 0.3) is 0 Å². The largest absolute Gasteiger partial charge is 0.493 e. The molecule has 0 aliphatic heterocycles. The first-order valence-electron chi connectivity index (χ1n) is 8.85. The molecule has 0 unspecified atom stereocenters. The second-order valence-corrected chi connectivity index (χ2v) is 6.18. The minimum absolute atomic E-state index is 0.614. The average molecular weight is 374 g/mol. The lowest BCUT2D eigenvalue weighted by molar-refractivity contribution is 0.322. The summed E-state index contributed by atoms with van der Waals surface area (Å²) in [6.45, 7) is 1.50. The number of aryl methyl sites for hydroxylation is 1. The minimum atomic E-state index is 0.614. The highest BCUT2D eigenvalue weighted by atomic mass is 16.5. The topological polar surface area (TPSA) is 60.3 Å². The zero-order valence-electron chi connectivity index (χ0n) is 17.1. The summed E-state index contributed by atoms with van der Waals surface area (Å²) in [7, 11) is 10.7. The van der Waals surface area contributed by atoms with Gasteiger partial charge in [0.15, 0.2) is 17.5 Å². The van der Waals surface area contributed by atoms with Gasteiger partial charge in [0.05, 0.1) is 27.9 Å². The number of guanidine groups is 1. The number of nitrogens with zero attached hydrogens (tertiary/aromatic N) is 3. The third-order valence-corrected chi connectivity index (χ3v) is 4.49. The molecule has 0 aliphatic carbocycles. The molecular formula is C20H30N4O3. The van der Waals surface area contributed by atoms with Gasteiger partial charge < -0.3 is 29.0 Å². The molecule has 0 saturated heterocycles. The van der Waals surface area contributed by atoms with Crippen molar-refractivity contribution in [3.8, 4) is 17.2 Å². The molecule has 0 radical (unpaired) electrons. The van der Waals surface area contributed by atoms with Crippen LogP contribution in [0.1, 0.15) is 11.3 Å². The Morgan fingerprint density at radius 2 is 1.85 bits per heavy atom. The van der Waals surface area contributed by atoms with Gasteiger partial charge in [0.1, 0.15) is 0 Å². The molecule has 2 aromatic rings. The lowest BCUT2D eigenvalue weighted by Gasteiger charge is -2.23. The van der Waals surface area contributed by atoms with Gasteiger partial charge in [-0.3, -0.25) is 4.99 Å². The van der Waals surface area contributed by atoms with Crippen molar-refractivity contribution in [3.05, 3.63) is 41.7 Å². The van der Waals surface area contributed by atoms with E-state index in [4.69, 9.17) is 14.2 Å². The van der Waals surface area contributed by atoms with E-state index in [0.29, 0.717) is 17.2 Å². The maximum absolute atomic E-state index is 5.55. The van der Waals surface area contributed by atoms with Crippen LogP contribution in [0.4, 0.5) is 0 Å². The van der Waals surface area contributed by atoms with E-state index in [2.05, 4.69) is 25.8 Å². The molecule has 0 saturated carbocycles. The molecule has 0 amide bonds. The summed E-state index contributed by atoms with van der Waals surface area (Å²) in [6.07, 6.45) is 2.81. The molecule has 0 fully saturated rings. The Morgan fingerprint density at radius 3 is 2.41 bits per heavy atom. The molecule has 27 heavy (non-hydrogen) atoms. The van der Waals surface area contributed by atoms with Crippen LogP contribution < -0.4 is 19.5 Å². The van der Waals surface area contributed by atoms with Gasteiger partial charge >= 0.3 is 0 Å². The van der Waals surface area contributed by atoms with E-state index in [9.17, 15) is 0 Å². The second kappa shape index (κ2) is 9.75. The fourth-order valence-corrected chi connectivity index (χ4v) is 3.03. The molecule has 1 heterocycles. The maximum Gasteiger partial charge on any atom is 0.203 e. The summed E-state index contributed by atoms with van der Waals surface area (Å²) in [5.41, 5.74) is 2.27. The van der Waals surface area contributed by atoms with Crippen molar-refractivity contribution in [1.29, 1.82) is 0 Å². The summed E-state index contributed by atoms with van der Waals surface area (Å²) >= 11 is 0. The lowest BCUT2D eigenvalue weighted by atomic mass is 10.1. The molecule has 1 aromatic heterocycles. The van der Waals surface area contributed by atoms with Crippen LogP contribution in [-0.4, -0.2) is 57.4 Å². The van der Waals surface area contributed by atoms with Crippen LogP contribution in [-0.2, 0) is 20.0 Å². The van der Waals surface area contributed by atoms with Crippen LogP contribution in [0.5, 0.6) is 17.2 Å². The van der Waals surface area contributed by atoms with E-state index >= 15 is 0 Å². The number of hydrogen-bond acceptors (Lipinski definition) is 4. The van der Waals surface area contributed by atoms with Gasteiger partial charge in [-0.05, 0) is 24.6 Å². The van der Waals surface area contributed by atoms with E-state index in [0.717, 1.165) is 31.0 Å². The number of rotatable bonds is 8. The van der Waals surface area contributed by atoms with Gasteiger partial charge in [-0.2, -0.15) is 0 Å². The van der Waals surface area contributed by atoms with Gasteiger partial charge in [-0.15, -0.1) is 0 Å². The number of benzene rings is 1. The molecule has 1 aromatic carbocycles. The molecule has 0 spiro atoms. The smallest absolute Gasteiger partial charge is 0.203 e. The standard InChI is InChI=1S/C20H30N4O3/c1-21-20(24(3)14-16-8-7-13-23(16)2)22-12-11-15-9-10-17(25-4)19(27-6)18(15)26-5/h7-10,13H,11-12,14H2,1-6H3,(H,21,22). The first-order valence-corrected chi connectivity index (χ1v) is 8.85. The first-order chi connectivity index (χ1) is 13.0. The van der Waals surface area contributed by atoms with E-state index in [1.54, 1.807) is 28.4 Å². The Balaban J connectivity index is 2.01. The number of methoxy groups -OCH3 is 3. The highest BCUT2D eigenvalue weighted by molar-refractivity contribution is 5.79. The van der Waals surface area contributed by atoms with Crippen LogP contribution in [0.2, 0.25) is 0 Å². The predicted octanol–water partition coefficient (Wildman–Crippen LogP) is 2.30. The minimum Gasteiger partial charge on any atom is -0.493 e. The summed E-state index contributed by atoms with van der Waals surface area (Å²) in [6, 6.07) is 8.05. The molecular weight excluding hydrogens is 344 g/mol. The monoisotopic (exact) mass is 374 g/mol. The van der Waals surface area contributed by atoms with E-state index in [-0.39, 0.29) is 0 Å². The van der Waals surface area contributed by atoms with Gasteiger partial charge in [-0.1, -0.05) is 6.07 Å². The van der Waals surface area contributed by atoms with E-state index in [1.165, 1.54) is 5.69 Å². The molecule has 0 aliphatic rings. The number of hydrogen-bond donors (Lipinski definition) is 1. The third kappa shape index (κ3) is 4.87. The SMILES string of the molecule is CN=C(NCCc1ccc(OC)c(OC)c1OC)N(C)Cc1cccn1C. The number of aromatic nitrogens is 1. The summed E-state index contributed by atoms with van der Waals surface area (Å²) in [4.78, 5) is 6.48. The lowest BCUT2D eigenvalue weighted by Crippen LogP contribution is -2.39. The Labute approximate surface area is 161 Å². The highest BCUT2D eigenvalue weighted by Gasteiger charge is 2.16. The quantitative estimate of drug-likeness (QED) is 0.568. The van der Waals surface area contributed by atoms with Crippen LogP contribution >= 0.6 is 0 Å². The van der Waals surface area contributed by atoms with Crippen LogP contribution in [0, 0.1) is 0 Å². The molecule has 0 atom stereocenters. The summed E-state index contributed by atoms with van der Waals surface area (Å²) in [5.74, 6) is 2.81. The second-order valence-electron chi connectivity index (χ2n) is 6.18. The van der Waals surface area contributed by atoms with E-state index in [1.807, 2.05) is 38.5 Å². The van der Waals surface area contributed by atoms with Crippen LogP contribution in [0.15, 0.2) is 35.5 Å². The van der Waals surface area contributed by atoms with Crippen LogP contribution in [0.3, 0.4) is 0 Å². The summed E-state index contributed by atoms with van der Waals surface area (Å²) in [5, 5.41) is 3.41. The fourth-order valence-electron chi connectivity index (χ4n) is 3.03. The molecule has 148 valence electrons. The summed E-state index contributed by atoms with van der Waals surface area (Å²) < 4.78 is 18.4. The van der Waals surface area contributed by atoms with Crippen molar-refractivity contribution in [1.82, 2.24) is 14.8 Å². The highest BCUT2D eigenvalue weighted by Crippen LogP contribution is 2.39. The van der Waals surface area contributed by atoms with Gasteiger partial charge in [-0.25, -0.2) is 0 Å². The van der Waals surface area contributed by atoms with Gasteiger partial charge in [0, 0.05) is 45.1 Å². The zero-order chi connectivity index (χ0) is 19.8. The molecule has 1 N–H and O–H groups in total. The fraction of sp³-hybridized carbons (Fsp3) is 0.450. The van der Waals surface area contributed by atoms with Crippen molar-refractivity contribution in [2.75, 3.05) is 42.0 Å². The third-order valence-electron chi connectivity index (χ3n) is 4.49. The zero-order valence-corrected chi connectivity index (χ0v) is 17.1. The average Bonchev–Trinajstić information content (AvgIpc) is 3.08. The van der Waals surface area contributed by atoms with Crippen LogP contribution in [0.25, 0.3) is 0 Å². The molecule has 2 rings (SSSR count).